The highest BCUT2D eigenvalue weighted by Crippen LogP contribution is 2.48. The van der Waals surface area contributed by atoms with Gasteiger partial charge in [-0.3, -0.25) is 0 Å². The molecule has 3 fully saturated rings. The molecular weight excluding hydrogens is 232 g/mol. The first-order chi connectivity index (χ1) is 7.85. The maximum absolute atomic E-state index is 3.32. The molecule has 0 aromatic rings. The van der Waals surface area contributed by atoms with Crippen molar-refractivity contribution < 1.29 is 0 Å². The van der Waals surface area contributed by atoms with Gasteiger partial charge in [0.1, 0.15) is 0 Å². The third-order valence-electron chi connectivity index (χ3n) is 5.24. The molecule has 3 rings (SSSR count). The van der Waals surface area contributed by atoms with Gasteiger partial charge in [0.25, 0.3) is 0 Å². The Labute approximate surface area is 112 Å². The first-order valence-electron chi connectivity index (χ1n) is 7.22. The zero-order chi connectivity index (χ0) is 11.0. The summed E-state index contributed by atoms with van der Waals surface area (Å²) in [5.74, 6) is 4.20. The largest absolute Gasteiger partial charge is 0.319 e. The van der Waals surface area contributed by atoms with Gasteiger partial charge in [0.05, 0.1) is 0 Å². The lowest BCUT2D eigenvalue weighted by atomic mass is 9.88. The molecule has 1 aliphatic heterocycles. The van der Waals surface area contributed by atoms with Crippen LogP contribution in [0.5, 0.6) is 0 Å². The van der Waals surface area contributed by atoms with E-state index in [1.165, 1.54) is 32.6 Å². The Kier molecular flexibility index (Phi) is 4.73. The van der Waals surface area contributed by atoms with Crippen molar-refractivity contribution in [3.63, 3.8) is 0 Å². The standard InChI is InChI=1S/C14H26N2.ClH/c1-15-8-12-4-5-16(9-12)10-14-7-11-2-3-13(14)6-11;/h11-15H,2-10H2,1H3;1H. The van der Waals surface area contributed by atoms with E-state index in [-0.39, 0.29) is 12.4 Å². The normalized spacial score (nSPS) is 40.8. The Hall–Kier alpha value is 0.210. The fourth-order valence-electron chi connectivity index (χ4n) is 4.47. The average Bonchev–Trinajstić information content (AvgIpc) is 2.95. The summed E-state index contributed by atoms with van der Waals surface area (Å²) in [6.45, 7) is 5.35. The number of nitrogens with zero attached hydrogens (tertiary/aromatic N) is 1. The molecule has 3 heteroatoms. The molecule has 0 amide bonds. The smallest absolute Gasteiger partial charge is 0.00224 e. The molecule has 0 spiro atoms. The highest BCUT2D eigenvalue weighted by molar-refractivity contribution is 5.85. The molecule has 3 aliphatic rings. The highest BCUT2D eigenvalue weighted by atomic mass is 35.5. The first-order valence-corrected chi connectivity index (χ1v) is 7.22. The van der Waals surface area contributed by atoms with Gasteiger partial charge in [0.2, 0.25) is 0 Å². The lowest BCUT2D eigenvalue weighted by Crippen LogP contribution is -2.31. The van der Waals surface area contributed by atoms with Crippen molar-refractivity contribution in [2.24, 2.45) is 23.7 Å². The molecule has 2 nitrogen and oxygen atoms in total. The minimum absolute atomic E-state index is 0. The van der Waals surface area contributed by atoms with Gasteiger partial charge in [-0.2, -0.15) is 0 Å². The third kappa shape index (κ3) is 2.97. The third-order valence-corrected chi connectivity index (χ3v) is 5.24. The summed E-state index contributed by atoms with van der Waals surface area (Å²) >= 11 is 0. The molecule has 2 bridgehead atoms. The second kappa shape index (κ2) is 5.90. The Morgan fingerprint density at radius 3 is 2.71 bits per heavy atom. The zero-order valence-electron chi connectivity index (χ0n) is 11.0. The lowest BCUT2D eigenvalue weighted by molar-refractivity contribution is 0.214. The van der Waals surface area contributed by atoms with Gasteiger partial charge < -0.3 is 10.2 Å². The van der Waals surface area contributed by atoms with E-state index in [1.54, 1.807) is 25.7 Å². The summed E-state index contributed by atoms with van der Waals surface area (Å²) in [6.07, 6.45) is 7.63. The minimum atomic E-state index is 0. The fraction of sp³-hybridized carbons (Fsp3) is 1.00. The second-order valence-corrected chi connectivity index (χ2v) is 6.41. The fourth-order valence-corrected chi connectivity index (χ4v) is 4.47. The number of likely N-dealkylation sites (tertiary alicyclic amines) is 1. The first kappa shape index (κ1) is 13.6. The van der Waals surface area contributed by atoms with Crippen molar-refractivity contribution in [3.05, 3.63) is 0 Å². The van der Waals surface area contributed by atoms with E-state index in [2.05, 4.69) is 17.3 Å². The highest BCUT2D eigenvalue weighted by Gasteiger charge is 2.40. The van der Waals surface area contributed by atoms with Gasteiger partial charge >= 0.3 is 0 Å². The quantitative estimate of drug-likeness (QED) is 0.833. The number of fused-ring (bicyclic) bond motifs is 2. The van der Waals surface area contributed by atoms with Gasteiger partial charge in [0.15, 0.2) is 0 Å². The number of halogens is 1. The van der Waals surface area contributed by atoms with Gasteiger partial charge in [-0.15, -0.1) is 12.4 Å². The van der Waals surface area contributed by atoms with E-state index in [0.29, 0.717) is 0 Å². The Morgan fingerprint density at radius 1 is 1.18 bits per heavy atom. The Balaban J connectivity index is 0.00000108. The van der Waals surface area contributed by atoms with Crippen molar-refractivity contribution >= 4 is 12.4 Å². The van der Waals surface area contributed by atoms with Crippen LogP contribution < -0.4 is 5.32 Å². The topological polar surface area (TPSA) is 15.3 Å². The van der Waals surface area contributed by atoms with E-state index in [0.717, 1.165) is 23.7 Å². The Bertz CT molecular complexity index is 246. The van der Waals surface area contributed by atoms with Crippen LogP contribution in [0.3, 0.4) is 0 Å². The van der Waals surface area contributed by atoms with Gasteiger partial charge in [-0.05, 0) is 69.5 Å². The van der Waals surface area contributed by atoms with Gasteiger partial charge in [-0.25, -0.2) is 0 Å². The van der Waals surface area contributed by atoms with E-state index >= 15 is 0 Å². The summed E-state index contributed by atoms with van der Waals surface area (Å²) in [5, 5.41) is 3.32. The van der Waals surface area contributed by atoms with Crippen LogP contribution in [0.1, 0.15) is 32.1 Å². The summed E-state index contributed by atoms with van der Waals surface area (Å²) in [5.41, 5.74) is 0. The van der Waals surface area contributed by atoms with Crippen molar-refractivity contribution in [3.8, 4) is 0 Å². The minimum Gasteiger partial charge on any atom is -0.319 e. The van der Waals surface area contributed by atoms with Gasteiger partial charge in [-0.1, -0.05) is 6.42 Å². The van der Waals surface area contributed by atoms with Crippen molar-refractivity contribution in [1.29, 1.82) is 0 Å². The lowest BCUT2D eigenvalue weighted by Gasteiger charge is -2.27. The summed E-state index contributed by atoms with van der Waals surface area (Å²) in [7, 11) is 2.08. The molecule has 0 aromatic heterocycles. The summed E-state index contributed by atoms with van der Waals surface area (Å²) in [4.78, 5) is 2.74. The van der Waals surface area contributed by atoms with E-state index in [9.17, 15) is 0 Å². The Morgan fingerprint density at radius 2 is 2.06 bits per heavy atom. The molecule has 4 unspecified atom stereocenters. The predicted molar refractivity (Wildman–Crippen MR) is 74.7 cm³/mol. The number of nitrogens with one attached hydrogen (secondary N) is 1. The molecule has 2 aliphatic carbocycles. The molecular formula is C14H27ClN2. The molecule has 100 valence electrons. The average molecular weight is 259 g/mol. The van der Waals surface area contributed by atoms with Crippen LogP contribution in [0.15, 0.2) is 0 Å². The predicted octanol–water partition coefficient (Wildman–Crippen LogP) is 2.39. The van der Waals surface area contributed by atoms with Crippen LogP contribution in [-0.4, -0.2) is 38.1 Å². The van der Waals surface area contributed by atoms with Crippen molar-refractivity contribution in [2.75, 3.05) is 33.2 Å². The molecule has 17 heavy (non-hydrogen) atoms. The molecule has 1 heterocycles. The molecule has 4 atom stereocenters. The molecule has 2 saturated carbocycles. The maximum Gasteiger partial charge on any atom is 0.00224 e. The van der Waals surface area contributed by atoms with Crippen LogP contribution in [0, 0.1) is 23.7 Å². The molecule has 0 radical (unpaired) electrons. The van der Waals surface area contributed by atoms with E-state index < -0.39 is 0 Å². The summed E-state index contributed by atoms with van der Waals surface area (Å²) < 4.78 is 0. The molecule has 1 saturated heterocycles. The van der Waals surface area contributed by atoms with Crippen LogP contribution in [0.2, 0.25) is 0 Å². The van der Waals surface area contributed by atoms with Crippen molar-refractivity contribution in [1.82, 2.24) is 10.2 Å². The molecule has 1 N–H and O–H groups in total. The van der Waals surface area contributed by atoms with E-state index in [1.807, 2.05) is 0 Å². The van der Waals surface area contributed by atoms with Gasteiger partial charge in [0, 0.05) is 13.1 Å². The number of rotatable bonds is 4. The molecule has 0 aromatic carbocycles. The number of hydrogen-bond donors (Lipinski definition) is 1. The van der Waals surface area contributed by atoms with Crippen LogP contribution in [-0.2, 0) is 0 Å². The monoisotopic (exact) mass is 258 g/mol. The second-order valence-electron chi connectivity index (χ2n) is 6.41. The van der Waals surface area contributed by atoms with Crippen LogP contribution in [0.25, 0.3) is 0 Å². The van der Waals surface area contributed by atoms with Crippen LogP contribution >= 0.6 is 12.4 Å². The van der Waals surface area contributed by atoms with E-state index in [4.69, 9.17) is 0 Å². The zero-order valence-corrected chi connectivity index (χ0v) is 11.8. The summed E-state index contributed by atoms with van der Waals surface area (Å²) in [6, 6.07) is 0. The SMILES string of the molecule is CNCC1CCN(CC2CC3CCC2C3)C1.Cl. The number of hydrogen-bond acceptors (Lipinski definition) is 2. The van der Waals surface area contributed by atoms with Crippen LogP contribution in [0.4, 0.5) is 0 Å². The maximum atomic E-state index is 3.32. The van der Waals surface area contributed by atoms with Crippen molar-refractivity contribution in [2.45, 2.75) is 32.1 Å².